The van der Waals surface area contributed by atoms with Crippen LogP contribution in [0.4, 0.5) is 16.0 Å². The van der Waals surface area contributed by atoms with Crippen LogP contribution in [0.15, 0.2) is 73.1 Å². The van der Waals surface area contributed by atoms with Gasteiger partial charge in [0.2, 0.25) is 11.9 Å². The van der Waals surface area contributed by atoms with Crippen molar-refractivity contribution in [1.29, 1.82) is 0 Å². The summed E-state index contributed by atoms with van der Waals surface area (Å²) < 4.78 is 22.2. The molecule has 0 aliphatic carbocycles. The molecule has 0 saturated heterocycles. The maximum atomic E-state index is 14.3. The Kier molecular flexibility index (Phi) is 6.03. The highest BCUT2D eigenvalue weighted by atomic mass is 19.1. The van der Waals surface area contributed by atoms with Gasteiger partial charge in [-0.2, -0.15) is 4.39 Å². The van der Waals surface area contributed by atoms with Gasteiger partial charge in [-0.15, -0.1) is 0 Å². The third-order valence-electron chi connectivity index (χ3n) is 5.82. The maximum Gasteiger partial charge on any atom is 0.269 e. The summed E-state index contributed by atoms with van der Waals surface area (Å²) in [4.78, 5) is 24.4. The zero-order valence-electron chi connectivity index (χ0n) is 19.9. The number of hydrogen-bond acceptors (Lipinski definition) is 6. The smallest absolute Gasteiger partial charge is 0.269 e. The number of halogens is 1. The minimum Gasteiger partial charge on any atom is -0.457 e. The summed E-state index contributed by atoms with van der Waals surface area (Å²) in [6.07, 6.45) is 2.96. The Hall–Kier alpha value is -4.79. The molecule has 0 saturated carbocycles. The molecule has 0 atom stereocenters. The maximum absolute atomic E-state index is 14.3. The number of imidazole rings is 1. The van der Waals surface area contributed by atoms with Crippen LogP contribution >= 0.6 is 0 Å². The van der Waals surface area contributed by atoms with E-state index in [2.05, 4.69) is 20.6 Å². The Morgan fingerprint density at radius 3 is 2.61 bits per heavy atom. The summed E-state index contributed by atoms with van der Waals surface area (Å²) in [6, 6.07) is 18.0. The number of rotatable bonds is 6. The first kappa shape index (κ1) is 23.0. The molecule has 0 radical (unpaired) electrons. The van der Waals surface area contributed by atoms with Gasteiger partial charge in [0, 0.05) is 49.9 Å². The topological polar surface area (TPSA) is 94.0 Å². The highest BCUT2D eigenvalue weighted by molar-refractivity contribution is 5.92. The molecule has 3 aromatic heterocycles. The molecule has 3 heterocycles. The molecular weight excluding hydrogens is 459 g/mol. The Morgan fingerprint density at radius 1 is 0.972 bits per heavy atom. The van der Waals surface area contributed by atoms with Crippen molar-refractivity contribution in [3.63, 3.8) is 0 Å². The van der Waals surface area contributed by atoms with E-state index >= 15 is 0 Å². The van der Waals surface area contributed by atoms with Crippen molar-refractivity contribution in [2.45, 2.75) is 6.92 Å². The van der Waals surface area contributed by atoms with Gasteiger partial charge in [0.1, 0.15) is 17.2 Å². The normalized spacial score (nSPS) is 10.9. The molecule has 1 amide bonds. The quantitative estimate of drug-likeness (QED) is 0.316. The predicted molar refractivity (Wildman–Crippen MR) is 136 cm³/mol. The van der Waals surface area contributed by atoms with Crippen LogP contribution in [0.2, 0.25) is 0 Å². The van der Waals surface area contributed by atoms with E-state index in [9.17, 15) is 9.18 Å². The summed E-state index contributed by atoms with van der Waals surface area (Å²) in [5, 5.41) is 5.87. The van der Waals surface area contributed by atoms with Crippen LogP contribution in [-0.4, -0.2) is 32.5 Å². The van der Waals surface area contributed by atoms with Crippen LogP contribution < -0.4 is 15.4 Å². The van der Waals surface area contributed by atoms with Gasteiger partial charge in [-0.25, -0.2) is 9.97 Å². The first-order valence-electron chi connectivity index (χ1n) is 11.2. The molecule has 36 heavy (non-hydrogen) atoms. The lowest BCUT2D eigenvalue weighted by Gasteiger charge is -2.11. The fourth-order valence-electron chi connectivity index (χ4n) is 3.92. The number of ether oxygens (including phenoxy) is 1. The number of fused-ring (bicyclic) bond motifs is 1. The summed E-state index contributed by atoms with van der Waals surface area (Å²) in [5.74, 6) is 0.888. The first-order valence-corrected chi connectivity index (χ1v) is 11.2. The predicted octanol–water partition coefficient (Wildman–Crippen LogP) is 5.37. The second-order valence-electron chi connectivity index (χ2n) is 8.20. The van der Waals surface area contributed by atoms with E-state index in [1.54, 1.807) is 31.3 Å². The van der Waals surface area contributed by atoms with Crippen LogP contribution in [-0.2, 0) is 7.05 Å². The van der Waals surface area contributed by atoms with Gasteiger partial charge in [-0.3, -0.25) is 9.78 Å². The van der Waals surface area contributed by atoms with Crippen molar-refractivity contribution in [2.24, 2.45) is 7.05 Å². The van der Waals surface area contributed by atoms with Gasteiger partial charge in [0.25, 0.3) is 5.91 Å². The minimum absolute atomic E-state index is 0.268. The Morgan fingerprint density at radius 2 is 1.81 bits per heavy atom. The van der Waals surface area contributed by atoms with Crippen LogP contribution in [0.3, 0.4) is 0 Å². The van der Waals surface area contributed by atoms with Crippen molar-refractivity contribution in [3.8, 4) is 22.6 Å². The van der Waals surface area contributed by atoms with E-state index in [0.717, 1.165) is 27.8 Å². The number of anilines is 2. The fourth-order valence-corrected chi connectivity index (χ4v) is 3.92. The number of nitrogens with one attached hydrogen (secondary N) is 2. The van der Waals surface area contributed by atoms with Crippen LogP contribution in [0.5, 0.6) is 11.5 Å². The Bertz CT molecular complexity index is 1600. The van der Waals surface area contributed by atoms with Crippen LogP contribution in [0.25, 0.3) is 22.2 Å². The highest BCUT2D eigenvalue weighted by Crippen LogP contribution is 2.31. The largest absolute Gasteiger partial charge is 0.457 e. The SMILES string of the molecule is CNC(=O)c1cc(Oc2ccc3c(c2)nc(Nc2ccc(C)c(-c4cccnc4F)c2)n3C)ccn1. The van der Waals surface area contributed by atoms with E-state index < -0.39 is 5.95 Å². The van der Waals surface area contributed by atoms with Crippen LogP contribution in [0, 0.1) is 12.9 Å². The lowest BCUT2D eigenvalue weighted by molar-refractivity contribution is 0.0958. The molecule has 5 rings (SSSR count). The number of amides is 1. The number of benzene rings is 2. The van der Waals surface area contributed by atoms with E-state index in [-0.39, 0.29) is 11.6 Å². The molecular formula is C27H23FN6O2. The Labute approximate surface area is 206 Å². The van der Waals surface area contributed by atoms with Crippen LogP contribution in [0.1, 0.15) is 16.1 Å². The molecule has 0 bridgehead atoms. The molecule has 180 valence electrons. The van der Waals surface area contributed by atoms with Gasteiger partial charge in [0.15, 0.2) is 0 Å². The standard InChI is InChI=1S/C27H23FN6O2/c1-16-6-7-17(13-21(16)20-5-4-11-31-25(20)28)32-27-33-22-14-18(8-9-24(22)34(27)3)36-19-10-12-30-23(15-19)26(35)29-2/h4-15H,1-3H3,(H,29,35)(H,32,33). The summed E-state index contributed by atoms with van der Waals surface area (Å²) in [6.45, 7) is 1.93. The van der Waals surface area contributed by atoms with Gasteiger partial charge in [-0.05, 0) is 60.5 Å². The van der Waals surface area contributed by atoms with E-state index in [4.69, 9.17) is 9.72 Å². The molecule has 2 N–H and O–H groups in total. The number of aromatic nitrogens is 4. The molecule has 0 aliphatic rings. The van der Waals surface area contributed by atoms with Gasteiger partial charge in [0.05, 0.1) is 11.0 Å². The zero-order chi connectivity index (χ0) is 25.2. The van der Waals surface area contributed by atoms with Gasteiger partial charge < -0.3 is 19.9 Å². The highest BCUT2D eigenvalue weighted by Gasteiger charge is 2.13. The summed E-state index contributed by atoms with van der Waals surface area (Å²) >= 11 is 0. The molecule has 2 aromatic carbocycles. The molecule has 0 spiro atoms. The molecule has 9 heteroatoms. The zero-order valence-corrected chi connectivity index (χ0v) is 19.9. The van der Waals surface area contributed by atoms with Crippen molar-refractivity contribution in [1.82, 2.24) is 24.8 Å². The minimum atomic E-state index is -0.510. The Balaban J connectivity index is 1.42. The molecule has 8 nitrogen and oxygen atoms in total. The van der Waals surface area contributed by atoms with Crippen molar-refractivity contribution in [2.75, 3.05) is 12.4 Å². The van der Waals surface area contributed by atoms with Gasteiger partial charge >= 0.3 is 0 Å². The molecule has 5 aromatic rings. The lowest BCUT2D eigenvalue weighted by Crippen LogP contribution is -2.18. The fraction of sp³-hybridized carbons (Fsp3) is 0.111. The van der Waals surface area contributed by atoms with E-state index in [1.807, 2.05) is 54.9 Å². The average molecular weight is 483 g/mol. The van der Waals surface area contributed by atoms with Crippen molar-refractivity contribution in [3.05, 3.63) is 90.3 Å². The summed E-state index contributed by atoms with van der Waals surface area (Å²) in [7, 11) is 3.46. The molecule has 0 aliphatic heterocycles. The number of nitrogens with zero attached hydrogens (tertiary/aromatic N) is 4. The number of aryl methyl sites for hydroxylation is 2. The molecule has 0 unspecified atom stereocenters. The van der Waals surface area contributed by atoms with Crippen molar-refractivity contribution < 1.29 is 13.9 Å². The van der Waals surface area contributed by atoms with Crippen molar-refractivity contribution >= 4 is 28.6 Å². The lowest BCUT2D eigenvalue weighted by atomic mass is 10.0. The second-order valence-corrected chi connectivity index (χ2v) is 8.20. The number of pyridine rings is 2. The second kappa shape index (κ2) is 9.46. The summed E-state index contributed by atoms with van der Waals surface area (Å²) in [5.41, 5.74) is 4.81. The number of carbonyl (C=O) groups is 1. The monoisotopic (exact) mass is 482 g/mol. The average Bonchev–Trinajstić information content (AvgIpc) is 3.19. The number of carbonyl (C=O) groups excluding carboxylic acids is 1. The third-order valence-corrected chi connectivity index (χ3v) is 5.82. The van der Waals surface area contributed by atoms with Gasteiger partial charge in [-0.1, -0.05) is 6.07 Å². The van der Waals surface area contributed by atoms with E-state index in [1.165, 1.54) is 12.4 Å². The first-order chi connectivity index (χ1) is 17.4. The third kappa shape index (κ3) is 4.46. The van der Waals surface area contributed by atoms with E-state index in [0.29, 0.717) is 23.0 Å². The molecule has 0 fully saturated rings. The number of hydrogen-bond donors (Lipinski definition) is 2.